The molecule has 1 saturated heterocycles. The van der Waals surface area contributed by atoms with Crippen LogP contribution >= 0.6 is 0 Å². The first-order valence-electron chi connectivity index (χ1n) is 3.31. The predicted octanol–water partition coefficient (Wildman–Crippen LogP) is -2.10. The molecule has 0 radical (unpaired) electrons. The van der Waals surface area contributed by atoms with Crippen molar-refractivity contribution >= 4 is 17.9 Å². The lowest BCUT2D eigenvalue weighted by atomic mass is 10.2. The summed E-state index contributed by atoms with van der Waals surface area (Å²) in [5, 5.41) is 17.1. The van der Waals surface area contributed by atoms with Gasteiger partial charge in [0.1, 0.15) is 12.7 Å². The molecule has 1 rings (SSSR count). The lowest BCUT2D eigenvalue weighted by molar-refractivity contribution is -0.173. The van der Waals surface area contributed by atoms with Crippen molar-refractivity contribution < 1.29 is 34.1 Å². The zero-order chi connectivity index (χ0) is 10.0. The Labute approximate surface area is 71.9 Å². The minimum atomic E-state index is -1.83. The van der Waals surface area contributed by atoms with Gasteiger partial charge in [-0.3, -0.25) is 0 Å². The van der Waals surface area contributed by atoms with Crippen molar-refractivity contribution in [3.05, 3.63) is 0 Å². The van der Waals surface area contributed by atoms with E-state index >= 15 is 0 Å². The molecule has 1 aliphatic heterocycles. The van der Waals surface area contributed by atoms with E-state index in [0.29, 0.717) is 0 Å². The number of hydrogen-bond acceptors (Lipinski definition) is 6. The predicted molar refractivity (Wildman–Crippen MR) is 34.5 cm³/mol. The number of hydrogen-bond donors (Lipinski definition) is 2. The van der Waals surface area contributed by atoms with Crippen LogP contribution in [0.3, 0.4) is 0 Å². The van der Waals surface area contributed by atoms with Gasteiger partial charge in [0.05, 0.1) is 0 Å². The van der Waals surface area contributed by atoms with Gasteiger partial charge in [-0.1, -0.05) is 0 Å². The number of carbonyl (C=O) groups is 3. The molecular weight excluding hydrogens is 184 g/mol. The topological polar surface area (TPSA) is 110 Å². The van der Waals surface area contributed by atoms with Crippen LogP contribution in [0, 0.1) is 0 Å². The molecule has 0 aliphatic carbocycles. The lowest BCUT2D eigenvalue weighted by Gasteiger charge is -2.08. The number of carboxylic acid groups (broad SMARTS) is 1. The third-order valence-electron chi connectivity index (χ3n) is 1.39. The third kappa shape index (κ3) is 1.94. The Morgan fingerprint density at radius 3 is 2.54 bits per heavy atom. The number of aliphatic hydroxyl groups excluding tert-OH is 1. The van der Waals surface area contributed by atoms with Gasteiger partial charge in [-0.2, -0.15) is 0 Å². The van der Waals surface area contributed by atoms with Gasteiger partial charge >= 0.3 is 17.9 Å². The van der Waals surface area contributed by atoms with Crippen molar-refractivity contribution in [3.8, 4) is 0 Å². The summed E-state index contributed by atoms with van der Waals surface area (Å²) in [7, 11) is 0. The Balaban J connectivity index is 2.57. The van der Waals surface area contributed by atoms with Crippen molar-refractivity contribution in [2.24, 2.45) is 0 Å². The van der Waals surface area contributed by atoms with Crippen LogP contribution in [0.1, 0.15) is 0 Å². The highest BCUT2D eigenvalue weighted by Gasteiger charge is 2.40. The first-order chi connectivity index (χ1) is 6.02. The summed E-state index contributed by atoms with van der Waals surface area (Å²) in [6.07, 6.45) is -2.82. The fraction of sp³-hybridized carbons (Fsp3) is 0.500. The van der Waals surface area contributed by atoms with E-state index in [2.05, 4.69) is 9.47 Å². The van der Waals surface area contributed by atoms with Crippen molar-refractivity contribution in [2.45, 2.75) is 12.2 Å². The van der Waals surface area contributed by atoms with Gasteiger partial charge < -0.3 is 19.7 Å². The van der Waals surface area contributed by atoms with Crippen LogP contribution in [0.2, 0.25) is 0 Å². The number of rotatable bonds is 1. The number of esters is 2. The Morgan fingerprint density at radius 1 is 1.54 bits per heavy atom. The first-order valence-corrected chi connectivity index (χ1v) is 3.31. The SMILES string of the molecule is O=C(O)C(=O)O[C@H]1C(=O)OC[C@@H]1O. The minimum Gasteiger partial charge on any atom is -0.473 e. The first kappa shape index (κ1) is 9.46. The van der Waals surface area contributed by atoms with E-state index in [1.807, 2.05) is 0 Å². The van der Waals surface area contributed by atoms with Crippen molar-refractivity contribution in [2.75, 3.05) is 6.61 Å². The molecule has 0 spiro atoms. The second-order valence-corrected chi connectivity index (χ2v) is 2.33. The number of aliphatic hydroxyl groups is 1. The molecule has 13 heavy (non-hydrogen) atoms. The molecule has 0 amide bonds. The molecule has 0 saturated carbocycles. The van der Waals surface area contributed by atoms with Gasteiger partial charge in [-0.15, -0.1) is 0 Å². The van der Waals surface area contributed by atoms with E-state index in [9.17, 15) is 14.4 Å². The standard InChI is InChI=1S/C6H6O7/c7-2-1-12-5(10)3(2)13-6(11)4(8)9/h2-3,7H,1H2,(H,8,9)/t2-,3+/m0/s1. The quantitative estimate of drug-likeness (QED) is 0.360. The van der Waals surface area contributed by atoms with Crippen LogP contribution < -0.4 is 0 Å². The molecule has 0 bridgehead atoms. The van der Waals surface area contributed by atoms with Gasteiger partial charge in [-0.25, -0.2) is 14.4 Å². The molecule has 7 heteroatoms. The summed E-state index contributed by atoms with van der Waals surface area (Å²) in [5.41, 5.74) is 0. The zero-order valence-electron chi connectivity index (χ0n) is 6.30. The molecule has 0 aromatic carbocycles. The third-order valence-corrected chi connectivity index (χ3v) is 1.39. The number of ether oxygens (including phenoxy) is 2. The average molecular weight is 190 g/mol. The summed E-state index contributed by atoms with van der Waals surface area (Å²) in [6, 6.07) is 0. The molecule has 1 heterocycles. The summed E-state index contributed by atoms with van der Waals surface area (Å²) in [5.74, 6) is -4.36. The van der Waals surface area contributed by atoms with Crippen molar-refractivity contribution in [1.82, 2.24) is 0 Å². The van der Waals surface area contributed by atoms with E-state index in [1.54, 1.807) is 0 Å². The monoisotopic (exact) mass is 190 g/mol. The van der Waals surface area contributed by atoms with Crippen LogP contribution in [-0.2, 0) is 23.9 Å². The normalized spacial score (nSPS) is 26.7. The molecule has 0 aromatic heterocycles. The van der Waals surface area contributed by atoms with E-state index in [4.69, 9.17) is 10.2 Å². The summed E-state index contributed by atoms with van der Waals surface area (Å²) in [6.45, 7) is -0.295. The van der Waals surface area contributed by atoms with Crippen LogP contribution in [-0.4, -0.2) is 46.9 Å². The van der Waals surface area contributed by atoms with Crippen LogP contribution in [0.15, 0.2) is 0 Å². The fourth-order valence-corrected chi connectivity index (χ4v) is 0.787. The molecular formula is C6H6O7. The zero-order valence-corrected chi connectivity index (χ0v) is 6.30. The second kappa shape index (κ2) is 3.40. The Kier molecular flexibility index (Phi) is 2.47. The Bertz CT molecular complexity index is 258. The fourth-order valence-electron chi connectivity index (χ4n) is 0.787. The average Bonchev–Trinajstić information content (AvgIpc) is 2.35. The lowest BCUT2D eigenvalue weighted by Crippen LogP contribution is -2.34. The van der Waals surface area contributed by atoms with Crippen LogP contribution in [0.4, 0.5) is 0 Å². The largest absolute Gasteiger partial charge is 0.473 e. The van der Waals surface area contributed by atoms with Gasteiger partial charge in [0.25, 0.3) is 0 Å². The smallest absolute Gasteiger partial charge is 0.418 e. The minimum absolute atomic E-state index is 0.295. The summed E-state index contributed by atoms with van der Waals surface area (Å²) in [4.78, 5) is 31.1. The van der Waals surface area contributed by atoms with E-state index < -0.39 is 30.1 Å². The van der Waals surface area contributed by atoms with E-state index in [-0.39, 0.29) is 6.61 Å². The molecule has 72 valence electrons. The van der Waals surface area contributed by atoms with Gasteiger partial charge in [0.15, 0.2) is 0 Å². The highest BCUT2D eigenvalue weighted by Crippen LogP contribution is 2.11. The number of cyclic esters (lactones) is 1. The van der Waals surface area contributed by atoms with Crippen LogP contribution in [0.25, 0.3) is 0 Å². The number of carbonyl (C=O) groups excluding carboxylic acids is 2. The maximum absolute atomic E-state index is 10.7. The number of carboxylic acids is 1. The van der Waals surface area contributed by atoms with E-state index in [0.717, 1.165) is 0 Å². The second-order valence-electron chi connectivity index (χ2n) is 2.33. The van der Waals surface area contributed by atoms with Gasteiger partial charge in [0.2, 0.25) is 6.10 Å². The van der Waals surface area contributed by atoms with Gasteiger partial charge in [0, 0.05) is 0 Å². The summed E-state index contributed by atoms with van der Waals surface area (Å²) < 4.78 is 8.43. The molecule has 7 nitrogen and oxygen atoms in total. The molecule has 1 aliphatic rings. The molecule has 2 atom stereocenters. The van der Waals surface area contributed by atoms with E-state index in [1.165, 1.54) is 0 Å². The van der Waals surface area contributed by atoms with Gasteiger partial charge in [-0.05, 0) is 0 Å². The maximum atomic E-state index is 10.7. The molecule has 0 aromatic rings. The Morgan fingerprint density at radius 2 is 2.15 bits per heavy atom. The Hall–Kier alpha value is -1.63. The number of aliphatic carboxylic acids is 1. The molecule has 1 fully saturated rings. The highest BCUT2D eigenvalue weighted by atomic mass is 16.6. The summed E-state index contributed by atoms with van der Waals surface area (Å²) >= 11 is 0. The van der Waals surface area contributed by atoms with Crippen LogP contribution in [0.5, 0.6) is 0 Å². The van der Waals surface area contributed by atoms with Crippen molar-refractivity contribution in [3.63, 3.8) is 0 Å². The maximum Gasteiger partial charge on any atom is 0.418 e. The van der Waals surface area contributed by atoms with Crippen molar-refractivity contribution in [1.29, 1.82) is 0 Å². The molecule has 0 unspecified atom stereocenters. The molecule has 2 N–H and O–H groups in total. The highest BCUT2D eigenvalue weighted by molar-refractivity contribution is 6.29.